The molecule has 2 saturated carbocycles. The molecule has 0 heterocycles. The van der Waals surface area contributed by atoms with Crippen LogP contribution in [0.5, 0.6) is 0 Å². The fraction of sp³-hybridized carbons (Fsp3) is 0.917. The highest BCUT2D eigenvalue weighted by atomic mass is 16.6. The summed E-state index contributed by atoms with van der Waals surface area (Å²) in [5.74, 6) is 0.928. The SMILES string of the molecule is CC(C)(C)OC(=O)[C@@H]1[C@H]2CC[C@H](C2)[C@@H]1N. The molecule has 0 spiro atoms. The van der Waals surface area contributed by atoms with Crippen molar-refractivity contribution in [2.45, 2.75) is 51.7 Å². The van der Waals surface area contributed by atoms with Crippen LogP contribution in [0.2, 0.25) is 0 Å². The van der Waals surface area contributed by atoms with Crippen LogP contribution in [0.25, 0.3) is 0 Å². The van der Waals surface area contributed by atoms with Crippen LogP contribution in [0.15, 0.2) is 0 Å². The number of rotatable bonds is 1. The number of carbonyl (C=O) groups excluding carboxylic acids is 1. The second-order valence-electron chi connectivity index (χ2n) is 5.97. The maximum atomic E-state index is 12.0. The molecule has 0 radical (unpaired) electrons. The van der Waals surface area contributed by atoms with Crippen molar-refractivity contribution in [2.75, 3.05) is 0 Å². The molecule has 2 N–H and O–H groups in total. The van der Waals surface area contributed by atoms with E-state index in [0.29, 0.717) is 11.8 Å². The first kappa shape index (κ1) is 10.9. The number of carbonyl (C=O) groups is 1. The summed E-state index contributed by atoms with van der Waals surface area (Å²) in [5, 5.41) is 0. The molecule has 0 unspecified atom stereocenters. The van der Waals surface area contributed by atoms with E-state index >= 15 is 0 Å². The molecule has 2 bridgehead atoms. The molecule has 86 valence electrons. The van der Waals surface area contributed by atoms with E-state index in [4.69, 9.17) is 10.5 Å². The third-order valence-electron chi connectivity index (χ3n) is 3.66. The normalized spacial score (nSPS) is 39.5. The molecule has 15 heavy (non-hydrogen) atoms. The van der Waals surface area contributed by atoms with Crippen LogP contribution in [-0.4, -0.2) is 17.6 Å². The summed E-state index contributed by atoms with van der Waals surface area (Å²) in [7, 11) is 0. The van der Waals surface area contributed by atoms with Gasteiger partial charge in [0.15, 0.2) is 0 Å². The third-order valence-corrected chi connectivity index (χ3v) is 3.66. The van der Waals surface area contributed by atoms with Crippen molar-refractivity contribution in [1.82, 2.24) is 0 Å². The standard InChI is InChI=1S/C12H21NO2/c1-12(2,3)15-11(14)9-7-4-5-8(6-7)10(9)13/h7-10H,4-6,13H2,1-3H3/t7-,8+,9+,10-/m0/s1. The van der Waals surface area contributed by atoms with Gasteiger partial charge in [-0.1, -0.05) is 0 Å². The first-order valence-corrected chi connectivity index (χ1v) is 5.87. The van der Waals surface area contributed by atoms with Gasteiger partial charge in [-0.05, 0) is 51.9 Å². The van der Waals surface area contributed by atoms with Gasteiger partial charge < -0.3 is 10.5 Å². The fourth-order valence-corrected chi connectivity index (χ4v) is 3.06. The zero-order valence-electron chi connectivity index (χ0n) is 9.82. The summed E-state index contributed by atoms with van der Waals surface area (Å²) in [6, 6.07) is 0.0404. The molecule has 4 atom stereocenters. The first-order chi connectivity index (χ1) is 6.88. The zero-order chi connectivity index (χ0) is 11.2. The van der Waals surface area contributed by atoms with Crippen molar-refractivity contribution in [3.8, 4) is 0 Å². The van der Waals surface area contributed by atoms with Gasteiger partial charge in [-0.3, -0.25) is 4.79 Å². The van der Waals surface area contributed by atoms with E-state index in [1.54, 1.807) is 0 Å². The highest BCUT2D eigenvalue weighted by Gasteiger charge is 2.50. The monoisotopic (exact) mass is 211 g/mol. The molecular formula is C12H21NO2. The Hall–Kier alpha value is -0.570. The lowest BCUT2D eigenvalue weighted by molar-refractivity contribution is -0.162. The Balaban J connectivity index is 2.02. The molecule has 0 saturated heterocycles. The van der Waals surface area contributed by atoms with Gasteiger partial charge in [0.05, 0.1) is 5.92 Å². The Labute approximate surface area is 91.4 Å². The molecule has 3 heteroatoms. The number of esters is 1. The summed E-state index contributed by atoms with van der Waals surface area (Å²) in [6.07, 6.45) is 3.48. The van der Waals surface area contributed by atoms with E-state index in [9.17, 15) is 4.79 Å². The van der Waals surface area contributed by atoms with Crippen LogP contribution in [0.3, 0.4) is 0 Å². The molecule has 0 amide bonds. The van der Waals surface area contributed by atoms with Gasteiger partial charge in [0.2, 0.25) is 0 Å². The number of nitrogens with two attached hydrogens (primary N) is 1. The van der Waals surface area contributed by atoms with Gasteiger partial charge >= 0.3 is 5.97 Å². The predicted molar refractivity (Wildman–Crippen MR) is 58.1 cm³/mol. The molecule has 0 aliphatic heterocycles. The highest BCUT2D eigenvalue weighted by molar-refractivity contribution is 5.75. The molecule has 2 aliphatic rings. The Bertz CT molecular complexity index is 267. The molecule has 2 fully saturated rings. The smallest absolute Gasteiger partial charge is 0.311 e. The Morgan fingerprint density at radius 2 is 1.87 bits per heavy atom. The first-order valence-electron chi connectivity index (χ1n) is 5.87. The van der Waals surface area contributed by atoms with Crippen LogP contribution in [-0.2, 0) is 9.53 Å². The fourth-order valence-electron chi connectivity index (χ4n) is 3.06. The van der Waals surface area contributed by atoms with Crippen LogP contribution >= 0.6 is 0 Å². The average Bonchev–Trinajstić information content (AvgIpc) is 2.59. The van der Waals surface area contributed by atoms with E-state index in [2.05, 4.69) is 0 Å². The van der Waals surface area contributed by atoms with Crippen LogP contribution < -0.4 is 5.73 Å². The van der Waals surface area contributed by atoms with Crippen LogP contribution in [0, 0.1) is 17.8 Å². The van der Waals surface area contributed by atoms with Gasteiger partial charge in [-0.15, -0.1) is 0 Å². The minimum atomic E-state index is -0.390. The van der Waals surface area contributed by atoms with E-state index in [0.717, 1.165) is 12.8 Å². The van der Waals surface area contributed by atoms with E-state index in [-0.39, 0.29) is 17.9 Å². The number of ether oxygens (including phenoxy) is 1. The summed E-state index contributed by atoms with van der Waals surface area (Å²) in [4.78, 5) is 12.0. The molecular weight excluding hydrogens is 190 g/mol. The lowest BCUT2D eigenvalue weighted by atomic mass is 9.85. The van der Waals surface area contributed by atoms with Crippen molar-refractivity contribution < 1.29 is 9.53 Å². The van der Waals surface area contributed by atoms with E-state index < -0.39 is 5.60 Å². The van der Waals surface area contributed by atoms with Gasteiger partial charge in [-0.2, -0.15) is 0 Å². The van der Waals surface area contributed by atoms with E-state index in [1.165, 1.54) is 6.42 Å². The number of fused-ring (bicyclic) bond motifs is 2. The lowest BCUT2D eigenvalue weighted by Gasteiger charge is -2.29. The zero-order valence-corrected chi connectivity index (χ0v) is 9.82. The Kier molecular flexibility index (Phi) is 2.53. The third kappa shape index (κ3) is 2.03. The topological polar surface area (TPSA) is 52.3 Å². The van der Waals surface area contributed by atoms with Crippen molar-refractivity contribution in [3.05, 3.63) is 0 Å². The highest BCUT2D eigenvalue weighted by Crippen LogP contribution is 2.48. The van der Waals surface area contributed by atoms with Crippen molar-refractivity contribution in [3.63, 3.8) is 0 Å². The second kappa shape index (κ2) is 3.48. The summed E-state index contributed by atoms with van der Waals surface area (Å²) < 4.78 is 5.43. The van der Waals surface area contributed by atoms with Crippen molar-refractivity contribution in [1.29, 1.82) is 0 Å². The number of hydrogen-bond donors (Lipinski definition) is 1. The molecule has 3 nitrogen and oxygen atoms in total. The molecule has 2 aliphatic carbocycles. The van der Waals surface area contributed by atoms with Crippen molar-refractivity contribution >= 4 is 5.97 Å². The average molecular weight is 211 g/mol. The minimum absolute atomic E-state index is 0.0389. The van der Waals surface area contributed by atoms with Gasteiger partial charge in [0.1, 0.15) is 5.60 Å². The van der Waals surface area contributed by atoms with Crippen LogP contribution in [0.4, 0.5) is 0 Å². The van der Waals surface area contributed by atoms with Crippen LogP contribution in [0.1, 0.15) is 40.0 Å². The quantitative estimate of drug-likeness (QED) is 0.672. The molecule has 0 aromatic heterocycles. The van der Waals surface area contributed by atoms with Gasteiger partial charge in [-0.25, -0.2) is 0 Å². The molecule has 0 aromatic rings. The Morgan fingerprint density at radius 3 is 2.33 bits per heavy atom. The molecule has 2 rings (SSSR count). The summed E-state index contributed by atoms with van der Waals surface area (Å²) in [6.45, 7) is 5.72. The van der Waals surface area contributed by atoms with Crippen molar-refractivity contribution in [2.24, 2.45) is 23.5 Å². The lowest BCUT2D eigenvalue weighted by Crippen LogP contribution is -2.43. The second-order valence-corrected chi connectivity index (χ2v) is 5.97. The molecule has 0 aromatic carbocycles. The largest absolute Gasteiger partial charge is 0.460 e. The maximum absolute atomic E-state index is 12.0. The van der Waals surface area contributed by atoms with E-state index in [1.807, 2.05) is 20.8 Å². The minimum Gasteiger partial charge on any atom is -0.460 e. The summed E-state index contributed by atoms with van der Waals surface area (Å²) in [5.41, 5.74) is 5.69. The maximum Gasteiger partial charge on any atom is 0.311 e. The number of hydrogen-bond acceptors (Lipinski definition) is 3. The Morgan fingerprint density at radius 1 is 1.27 bits per heavy atom. The van der Waals surface area contributed by atoms with Gasteiger partial charge in [0, 0.05) is 6.04 Å². The van der Waals surface area contributed by atoms with Gasteiger partial charge in [0.25, 0.3) is 0 Å². The predicted octanol–water partition coefficient (Wildman–Crippen LogP) is 1.70. The summed E-state index contributed by atoms with van der Waals surface area (Å²) >= 11 is 0.